The molecule has 0 fully saturated rings. The van der Waals surface area contributed by atoms with Gasteiger partial charge in [-0.25, -0.2) is 4.98 Å². The molecule has 0 saturated heterocycles. The molecule has 2 aromatic heterocycles. The van der Waals surface area contributed by atoms with Crippen LogP contribution < -0.4 is 10.2 Å². The van der Waals surface area contributed by atoms with Gasteiger partial charge in [-0.3, -0.25) is 9.59 Å². The third kappa shape index (κ3) is 4.36. The van der Waals surface area contributed by atoms with Crippen LogP contribution in [0.25, 0.3) is 16.4 Å². The lowest BCUT2D eigenvalue weighted by Crippen LogP contribution is -2.30. The number of rotatable bonds is 5. The number of carbonyl (C=O) groups excluding carboxylic acids is 2. The van der Waals surface area contributed by atoms with E-state index >= 15 is 0 Å². The standard InChI is InChI=1S/C32H29ClN4O3/c1-18(2)25-13-27-30(29-19(3)5-4-6-24(25)29)21(14-33)15-37(27)32(40)26-17-36-16-22(9-12-28(36)35-26)34-31(39)20-7-10-23(38)11-8-20/h4-13,16-18,21,38H,14-15H2,1-3H3,(H,34,39)/t21-/m1/s1. The lowest BCUT2D eigenvalue weighted by atomic mass is 9.87. The van der Waals surface area contributed by atoms with Crippen LogP contribution in [0, 0.1) is 6.92 Å². The van der Waals surface area contributed by atoms with Gasteiger partial charge in [0.2, 0.25) is 0 Å². The number of aryl methyl sites for hydroxylation is 1. The fraction of sp³-hybridized carbons (Fsp3) is 0.219. The van der Waals surface area contributed by atoms with Crippen molar-refractivity contribution in [3.63, 3.8) is 0 Å². The van der Waals surface area contributed by atoms with Crippen molar-refractivity contribution in [2.45, 2.75) is 32.6 Å². The van der Waals surface area contributed by atoms with E-state index in [-0.39, 0.29) is 29.4 Å². The Bertz CT molecular complexity index is 1790. The number of nitrogens with zero attached hydrogens (tertiary/aromatic N) is 3. The number of nitrogens with one attached hydrogen (secondary N) is 1. The summed E-state index contributed by atoms with van der Waals surface area (Å²) < 4.78 is 1.74. The fourth-order valence-corrected chi connectivity index (χ4v) is 5.91. The molecule has 0 saturated carbocycles. The van der Waals surface area contributed by atoms with Crippen LogP contribution in [0.1, 0.15) is 63.2 Å². The molecule has 6 rings (SSSR count). The molecule has 0 unspecified atom stereocenters. The second-order valence-corrected chi connectivity index (χ2v) is 10.9. The topological polar surface area (TPSA) is 86.9 Å². The first kappa shape index (κ1) is 25.9. The van der Waals surface area contributed by atoms with Gasteiger partial charge in [-0.05, 0) is 82.8 Å². The lowest BCUT2D eigenvalue weighted by molar-refractivity contribution is 0.0982. The van der Waals surface area contributed by atoms with E-state index in [2.05, 4.69) is 55.3 Å². The highest BCUT2D eigenvalue weighted by Gasteiger charge is 2.36. The summed E-state index contributed by atoms with van der Waals surface area (Å²) in [5.74, 6) is 0.317. The summed E-state index contributed by atoms with van der Waals surface area (Å²) in [7, 11) is 0. The maximum absolute atomic E-state index is 13.9. The van der Waals surface area contributed by atoms with E-state index in [0.29, 0.717) is 35.0 Å². The number of hydrogen-bond acceptors (Lipinski definition) is 4. The summed E-state index contributed by atoms with van der Waals surface area (Å²) in [6, 6.07) is 18.0. The first-order chi connectivity index (χ1) is 19.2. The van der Waals surface area contributed by atoms with Gasteiger partial charge in [-0.2, -0.15) is 0 Å². The largest absolute Gasteiger partial charge is 0.508 e. The summed E-state index contributed by atoms with van der Waals surface area (Å²) in [6.07, 6.45) is 3.42. The van der Waals surface area contributed by atoms with Crippen molar-refractivity contribution in [3.05, 3.63) is 101 Å². The number of aromatic hydroxyl groups is 1. The van der Waals surface area contributed by atoms with E-state index in [4.69, 9.17) is 11.6 Å². The number of phenolic OH excluding ortho intramolecular Hbond substituents is 1. The van der Waals surface area contributed by atoms with Crippen LogP contribution in [0.3, 0.4) is 0 Å². The molecule has 202 valence electrons. The number of benzene rings is 3. The van der Waals surface area contributed by atoms with E-state index in [1.807, 2.05) is 4.90 Å². The second-order valence-electron chi connectivity index (χ2n) is 10.6. The molecule has 3 heterocycles. The number of anilines is 2. The van der Waals surface area contributed by atoms with Crippen LogP contribution in [0.2, 0.25) is 0 Å². The van der Waals surface area contributed by atoms with Gasteiger partial charge in [0.15, 0.2) is 0 Å². The first-order valence-corrected chi connectivity index (χ1v) is 13.8. The van der Waals surface area contributed by atoms with Crippen molar-refractivity contribution in [3.8, 4) is 5.75 Å². The van der Waals surface area contributed by atoms with Crippen molar-refractivity contribution >= 4 is 51.2 Å². The summed E-state index contributed by atoms with van der Waals surface area (Å²) in [6.45, 7) is 6.95. The Hall–Kier alpha value is -4.36. The zero-order valence-electron chi connectivity index (χ0n) is 22.5. The molecular weight excluding hydrogens is 524 g/mol. The minimum atomic E-state index is -0.306. The summed E-state index contributed by atoms with van der Waals surface area (Å²) >= 11 is 6.48. The van der Waals surface area contributed by atoms with Gasteiger partial charge >= 0.3 is 0 Å². The number of phenols is 1. The zero-order valence-corrected chi connectivity index (χ0v) is 23.2. The molecule has 0 radical (unpaired) electrons. The molecule has 2 N–H and O–H groups in total. The number of halogens is 1. The molecule has 0 aliphatic carbocycles. The minimum absolute atomic E-state index is 0.0178. The smallest absolute Gasteiger partial charge is 0.278 e. The van der Waals surface area contributed by atoms with Crippen LogP contribution in [0.15, 0.2) is 73.1 Å². The van der Waals surface area contributed by atoms with E-state index in [0.717, 1.165) is 11.3 Å². The van der Waals surface area contributed by atoms with Gasteiger partial charge in [0.05, 0.1) is 5.69 Å². The molecule has 5 aromatic rings. The number of fused-ring (bicyclic) bond motifs is 4. The highest BCUT2D eigenvalue weighted by atomic mass is 35.5. The Labute approximate surface area is 237 Å². The van der Waals surface area contributed by atoms with Gasteiger partial charge < -0.3 is 19.7 Å². The third-order valence-electron chi connectivity index (χ3n) is 7.63. The quantitative estimate of drug-likeness (QED) is 0.233. The third-order valence-corrected chi connectivity index (χ3v) is 8.01. The van der Waals surface area contributed by atoms with Crippen LogP contribution in [0.5, 0.6) is 5.75 Å². The summed E-state index contributed by atoms with van der Waals surface area (Å²) in [4.78, 5) is 33.0. The highest BCUT2D eigenvalue weighted by molar-refractivity contribution is 6.19. The molecule has 3 aromatic carbocycles. The minimum Gasteiger partial charge on any atom is -0.508 e. The Kier molecular flexibility index (Phi) is 6.47. The van der Waals surface area contributed by atoms with Crippen LogP contribution >= 0.6 is 11.6 Å². The van der Waals surface area contributed by atoms with Gasteiger partial charge in [-0.15, -0.1) is 11.6 Å². The maximum Gasteiger partial charge on any atom is 0.278 e. The summed E-state index contributed by atoms with van der Waals surface area (Å²) in [5.41, 5.74) is 6.30. The SMILES string of the molecule is Cc1cccc2c(C(C)C)cc3c(c12)[C@H](CCl)CN3C(=O)c1cn2cc(NC(=O)c3ccc(O)cc3)ccc2n1. The van der Waals surface area contributed by atoms with Crippen LogP contribution in [0.4, 0.5) is 11.4 Å². The molecule has 2 amide bonds. The van der Waals surface area contributed by atoms with Crippen LogP contribution in [-0.2, 0) is 0 Å². The molecule has 1 aliphatic heterocycles. The molecule has 7 nitrogen and oxygen atoms in total. The van der Waals surface area contributed by atoms with E-state index in [1.165, 1.54) is 34.0 Å². The van der Waals surface area contributed by atoms with Gasteiger partial charge in [0.1, 0.15) is 17.1 Å². The monoisotopic (exact) mass is 552 g/mol. The predicted molar refractivity (Wildman–Crippen MR) is 159 cm³/mol. The summed E-state index contributed by atoms with van der Waals surface area (Å²) in [5, 5.41) is 14.7. The van der Waals surface area contributed by atoms with E-state index in [9.17, 15) is 14.7 Å². The first-order valence-electron chi connectivity index (χ1n) is 13.3. The molecule has 1 aliphatic rings. The number of pyridine rings is 1. The van der Waals surface area contributed by atoms with Gasteiger partial charge in [0, 0.05) is 42.0 Å². The predicted octanol–water partition coefficient (Wildman–Crippen LogP) is 6.86. The average Bonchev–Trinajstić information content (AvgIpc) is 3.53. The van der Waals surface area contributed by atoms with Crippen molar-refractivity contribution in [1.29, 1.82) is 0 Å². The number of alkyl halides is 1. The molecule has 8 heteroatoms. The van der Waals surface area contributed by atoms with Crippen molar-refractivity contribution < 1.29 is 14.7 Å². The van der Waals surface area contributed by atoms with Crippen LogP contribution in [-0.4, -0.2) is 38.7 Å². The Morgan fingerprint density at radius 2 is 1.88 bits per heavy atom. The zero-order chi connectivity index (χ0) is 28.1. The van der Waals surface area contributed by atoms with Crippen molar-refractivity contribution in [2.24, 2.45) is 0 Å². The molecule has 0 bridgehead atoms. The van der Waals surface area contributed by atoms with Gasteiger partial charge in [-0.1, -0.05) is 32.0 Å². The molecule has 0 spiro atoms. The molecule has 40 heavy (non-hydrogen) atoms. The van der Waals surface area contributed by atoms with E-state index in [1.54, 1.807) is 41.1 Å². The highest BCUT2D eigenvalue weighted by Crippen LogP contribution is 2.46. The number of aromatic nitrogens is 2. The lowest BCUT2D eigenvalue weighted by Gasteiger charge is -2.20. The fourth-order valence-electron chi connectivity index (χ4n) is 5.66. The average molecular weight is 553 g/mol. The van der Waals surface area contributed by atoms with Crippen molar-refractivity contribution in [2.75, 3.05) is 22.6 Å². The van der Waals surface area contributed by atoms with Gasteiger partial charge in [0.25, 0.3) is 11.8 Å². The number of carbonyl (C=O) groups is 2. The normalized spacial score (nSPS) is 14.7. The van der Waals surface area contributed by atoms with E-state index < -0.39 is 0 Å². The Morgan fingerprint density at radius 1 is 1.10 bits per heavy atom. The maximum atomic E-state index is 13.9. The molecule has 1 atom stereocenters. The number of amides is 2. The number of hydrogen-bond donors (Lipinski definition) is 2. The second kappa shape index (κ2) is 9.99. The van der Waals surface area contributed by atoms with Crippen molar-refractivity contribution in [1.82, 2.24) is 9.38 Å². The number of imidazole rings is 1. The Morgan fingerprint density at radius 3 is 2.60 bits per heavy atom. The Balaban J connectivity index is 1.35. The molecular formula is C32H29ClN4O3.